The van der Waals surface area contributed by atoms with Crippen molar-refractivity contribution >= 4 is 0 Å². The van der Waals surface area contributed by atoms with Crippen LogP contribution in [0.5, 0.6) is 0 Å². The van der Waals surface area contributed by atoms with Gasteiger partial charge in [0.15, 0.2) is 0 Å². The second-order valence-corrected chi connectivity index (χ2v) is 4.95. The molecule has 0 fully saturated rings. The lowest BCUT2D eigenvalue weighted by Crippen LogP contribution is -2.29. The summed E-state index contributed by atoms with van der Waals surface area (Å²) >= 11 is 0. The average Bonchev–Trinajstić information content (AvgIpc) is 2.89. The van der Waals surface area contributed by atoms with E-state index in [4.69, 9.17) is 5.84 Å². The highest BCUT2D eigenvalue weighted by molar-refractivity contribution is 5.24. The van der Waals surface area contributed by atoms with Crippen molar-refractivity contribution in [2.45, 2.75) is 32.7 Å². The van der Waals surface area contributed by atoms with Crippen molar-refractivity contribution in [1.82, 2.24) is 25.0 Å². The van der Waals surface area contributed by atoms with Crippen LogP contribution in [0.25, 0.3) is 0 Å². The van der Waals surface area contributed by atoms with Crippen molar-refractivity contribution in [2.24, 2.45) is 19.9 Å². The molecule has 19 heavy (non-hydrogen) atoms. The Morgan fingerprint density at radius 3 is 2.53 bits per heavy atom. The highest BCUT2D eigenvalue weighted by atomic mass is 15.3. The smallest absolute Gasteiger partial charge is 0.0807 e. The van der Waals surface area contributed by atoms with Crippen LogP contribution in [-0.4, -0.2) is 19.6 Å². The minimum atomic E-state index is 0.0696. The molecule has 0 spiro atoms. The van der Waals surface area contributed by atoms with Gasteiger partial charge in [0.05, 0.1) is 17.4 Å². The van der Waals surface area contributed by atoms with Gasteiger partial charge in [-0.3, -0.25) is 20.6 Å². The minimum Gasteiger partial charge on any atom is -0.275 e. The quantitative estimate of drug-likeness (QED) is 0.620. The Morgan fingerprint density at radius 1 is 1.32 bits per heavy atom. The van der Waals surface area contributed by atoms with Crippen LogP contribution in [0.4, 0.5) is 0 Å². The second-order valence-electron chi connectivity index (χ2n) is 4.95. The molecular weight excluding hydrogens is 240 g/mol. The van der Waals surface area contributed by atoms with Gasteiger partial charge in [-0.05, 0) is 38.3 Å². The molecule has 2 rings (SSSR count). The molecule has 0 aliphatic carbocycles. The van der Waals surface area contributed by atoms with Crippen molar-refractivity contribution in [1.29, 1.82) is 0 Å². The fourth-order valence-corrected chi connectivity index (χ4v) is 2.40. The van der Waals surface area contributed by atoms with E-state index < -0.39 is 0 Å². The molecule has 0 aromatic carbocycles. The number of hydrogen-bond acceptors (Lipinski definition) is 4. The molecule has 3 N–H and O–H groups in total. The topological polar surface area (TPSA) is 73.7 Å². The summed E-state index contributed by atoms with van der Waals surface area (Å²) in [5.41, 5.74) is 7.44. The van der Waals surface area contributed by atoms with Gasteiger partial charge in [-0.1, -0.05) is 0 Å². The lowest BCUT2D eigenvalue weighted by atomic mass is 10.0. The fourth-order valence-electron chi connectivity index (χ4n) is 2.40. The van der Waals surface area contributed by atoms with Crippen molar-refractivity contribution in [3.8, 4) is 0 Å². The van der Waals surface area contributed by atoms with Crippen LogP contribution in [0.15, 0.2) is 12.3 Å². The molecule has 0 aliphatic rings. The second kappa shape index (κ2) is 5.54. The van der Waals surface area contributed by atoms with Crippen molar-refractivity contribution in [3.05, 3.63) is 34.9 Å². The lowest BCUT2D eigenvalue weighted by Gasteiger charge is -2.13. The molecule has 2 aromatic heterocycles. The number of nitrogens with zero attached hydrogens (tertiary/aromatic N) is 4. The van der Waals surface area contributed by atoms with Crippen LogP contribution in [-0.2, 0) is 20.5 Å². The van der Waals surface area contributed by atoms with E-state index in [0.717, 1.165) is 24.2 Å². The Kier molecular flexibility index (Phi) is 4.01. The van der Waals surface area contributed by atoms with Crippen LogP contribution < -0.4 is 11.3 Å². The molecule has 104 valence electrons. The first-order chi connectivity index (χ1) is 9.02. The van der Waals surface area contributed by atoms with Crippen molar-refractivity contribution < 1.29 is 0 Å². The summed E-state index contributed by atoms with van der Waals surface area (Å²) in [5, 5.41) is 8.83. The molecule has 2 aromatic rings. The Labute approximate surface area is 113 Å². The lowest BCUT2D eigenvalue weighted by molar-refractivity contribution is 0.497. The molecule has 0 bridgehead atoms. The summed E-state index contributed by atoms with van der Waals surface area (Å²) < 4.78 is 3.72. The molecule has 0 saturated heterocycles. The van der Waals surface area contributed by atoms with Gasteiger partial charge in [0, 0.05) is 26.0 Å². The summed E-state index contributed by atoms with van der Waals surface area (Å²) in [7, 11) is 3.88. The Hall–Kier alpha value is -1.66. The van der Waals surface area contributed by atoms with E-state index in [1.54, 1.807) is 4.68 Å². The Balaban J connectivity index is 2.08. The summed E-state index contributed by atoms with van der Waals surface area (Å²) in [6.45, 7) is 4.15. The molecule has 6 heteroatoms. The molecule has 1 unspecified atom stereocenters. The zero-order valence-corrected chi connectivity index (χ0v) is 12.0. The first-order valence-corrected chi connectivity index (χ1v) is 6.47. The zero-order chi connectivity index (χ0) is 14.0. The van der Waals surface area contributed by atoms with Crippen LogP contribution in [0, 0.1) is 13.8 Å². The van der Waals surface area contributed by atoms with E-state index in [2.05, 4.69) is 22.5 Å². The van der Waals surface area contributed by atoms with Gasteiger partial charge in [0.1, 0.15) is 0 Å². The standard InChI is InChI=1S/C13H22N6/c1-9-11(10(2)19(4)16-9)5-6-12(15-14)13-7-8-18(3)17-13/h7-8,12,15H,5-6,14H2,1-4H3. The average molecular weight is 262 g/mol. The molecule has 0 radical (unpaired) electrons. The summed E-state index contributed by atoms with van der Waals surface area (Å²) in [4.78, 5) is 0. The van der Waals surface area contributed by atoms with Gasteiger partial charge < -0.3 is 0 Å². The first kappa shape index (κ1) is 13.8. The third-order valence-electron chi connectivity index (χ3n) is 3.63. The summed E-state index contributed by atoms with van der Waals surface area (Å²) in [5.74, 6) is 5.64. The number of aryl methyl sites for hydroxylation is 3. The van der Waals surface area contributed by atoms with Crippen LogP contribution in [0.1, 0.15) is 35.1 Å². The maximum Gasteiger partial charge on any atom is 0.0807 e. The predicted octanol–water partition coefficient (Wildman–Crippen LogP) is 0.908. The number of nitrogens with two attached hydrogens (primary N) is 1. The van der Waals surface area contributed by atoms with E-state index in [1.807, 2.05) is 38.0 Å². The Morgan fingerprint density at radius 2 is 2.05 bits per heavy atom. The van der Waals surface area contributed by atoms with Gasteiger partial charge in [0.2, 0.25) is 0 Å². The SMILES string of the molecule is Cc1nn(C)c(C)c1CCC(NN)c1ccn(C)n1. The normalized spacial score (nSPS) is 12.9. The summed E-state index contributed by atoms with van der Waals surface area (Å²) in [6, 6.07) is 2.06. The highest BCUT2D eigenvalue weighted by Gasteiger charge is 2.15. The maximum absolute atomic E-state index is 5.64. The number of nitrogens with one attached hydrogen (secondary N) is 1. The van der Waals surface area contributed by atoms with E-state index >= 15 is 0 Å². The number of hydrogen-bond donors (Lipinski definition) is 2. The number of rotatable bonds is 5. The first-order valence-electron chi connectivity index (χ1n) is 6.47. The monoisotopic (exact) mass is 262 g/mol. The van der Waals surface area contributed by atoms with E-state index in [9.17, 15) is 0 Å². The molecule has 0 amide bonds. The van der Waals surface area contributed by atoms with Crippen LogP contribution in [0.2, 0.25) is 0 Å². The largest absolute Gasteiger partial charge is 0.275 e. The maximum atomic E-state index is 5.64. The molecular formula is C13H22N6. The van der Waals surface area contributed by atoms with Gasteiger partial charge in [-0.25, -0.2) is 0 Å². The van der Waals surface area contributed by atoms with Crippen LogP contribution in [0.3, 0.4) is 0 Å². The van der Waals surface area contributed by atoms with Gasteiger partial charge in [0.25, 0.3) is 0 Å². The molecule has 1 atom stereocenters. The highest BCUT2D eigenvalue weighted by Crippen LogP contribution is 2.20. The summed E-state index contributed by atoms with van der Waals surface area (Å²) in [6.07, 6.45) is 3.78. The predicted molar refractivity (Wildman–Crippen MR) is 74.3 cm³/mol. The van der Waals surface area contributed by atoms with E-state index in [1.165, 1.54) is 11.3 Å². The molecule has 0 saturated carbocycles. The zero-order valence-electron chi connectivity index (χ0n) is 12.0. The van der Waals surface area contributed by atoms with Crippen molar-refractivity contribution in [3.63, 3.8) is 0 Å². The molecule has 2 heterocycles. The third-order valence-corrected chi connectivity index (χ3v) is 3.63. The van der Waals surface area contributed by atoms with Gasteiger partial charge in [-0.15, -0.1) is 0 Å². The van der Waals surface area contributed by atoms with Gasteiger partial charge in [-0.2, -0.15) is 10.2 Å². The van der Waals surface area contributed by atoms with Gasteiger partial charge >= 0.3 is 0 Å². The fraction of sp³-hybridized carbons (Fsp3) is 0.538. The molecule has 0 aliphatic heterocycles. The molecule has 6 nitrogen and oxygen atoms in total. The van der Waals surface area contributed by atoms with E-state index in [-0.39, 0.29) is 6.04 Å². The number of hydrazine groups is 1. The minimum absolute atomic E-state index is 0.0696. The third kappa shape index (κ3) is 2.85. The van der Waals surface area contributed by atoms with Crippen LogP contribution >= 0.6 is 0 Å². The van der Waals surface area contributed by atoms with Crippen molar-refractivity contribution in [2.75, 3.05) is 0 Å². The van der Waals surface area contributed by atoms with E-state index in [0.29, 0.717) is 0 Å². The Bertz CT molecular complexity index is 553. The number of aromatic nitrogens is 4.